The van der Waals surface area contributed by atoms with Crippen LogP contribution in [0.5, 0.6) is 0 Å². The molecule has 0 spiro atoms. The lowest BCUT2D eigenvalue weighted by atomic mass is 9.84. The molecule has 2 N–H and O–H groups in total. The number of Topliss-reactive ketones (excluding diaryl/α,β-unsaturated/α-hetero) is 1. The Hall–Kier alpha value is -2.84. The zero-order valence-electron chi connectivity index (χ0n) is 15.0. The number of oxazole rings is 1. The third kappa shape index (κ3) is 3.29. The molecule has 2 heterocycles. The lowest BCUT2D eigenvalue weighted by molar-refractivity contribution is -0.117. The number of alkyl halides is 2. The number of hydrogen-bond donors (Lipinski definition) is 1. The molecule has 3 rings (SSSR count). The molecule has 27 heavy (non-hydrogen) atoms. The molecule has 1 aromatic heterocycles. The minimum atomic E-state index is -3.49. The number of ether oxygens (including phenoxy) is 1. The van der Waals surface area contributed by atoms with Crippen LogP contribution in [0.15, 0.2) is 27.6 Å². The van der Waals surface area contributed by atoms with Crippen molar-refractivity contribution in [1.29, 1.82) is 0 Å². The van der Waals surface area contributed by atoms with Gasteiger partial charge in [0.25, 0.3) is 6.02 Å². The summed E-state index contributed by atoms with van der Waals surface area (Å²) in [6.07, 6.45) is -0.155. The second-order valence-electron chi connectivity index (χ2n) is 6.57. The van der Waals surface area contributed by atoms with Crippen molar-refractivity contribution in [2.24, 2.45) is 10.7 Å². The molecule has 9 heteroatoms. The minimum absolute atomic E-state index is 0.155. The lowest BCUT2D eigenvalue weighted by Crippen LogP contribution is -2.51. The van der Waals surface area contributed by atoms with Crippen molar-refractivity contribution in [2.75, 3.05) is 6.61 Å². The highest BCUT2D eigenvalue weighted by molar-refractivity contribution is 5.96. The van der Waals surface area contributed by atoms with Crippen LogP contribution in [0.1, 0.15) is 40.2 Å². The van der Waals surface area contributed by atoms with E-state index < -0.39 is 29.9 Å². The Labute approximate surface area is 153 Å². The van der Waals surface area contributed by atoms with Crippen molar-refractivity contribution in [1.82, 2.24) is 4.98 Å². The van der Waals surface area contributed by atoms with Crippen molar-refractivity contribution in [2.45, 2.75) is 38.7 Å². The maximum absolute atomic E-state index is 14.5. The standard InChI is InChI=1S/C18H18F3N3O3/c1-9-15(23-10(2)27-9)14(25)7-11-4-5-13(19)12(6-11)17(3)18(20,21)8-26-16(22)24-17/h4-6H,7-8H2,1-3H3,(H2,22,24)/t17-/m1/s1. The number of carbonyl (C=O) groups is 1. The van der Waals surface area contributed by atoms with Gasteiger partial charge in [-0.25, -0.2) is 14.4 Å². The molecule has 0 fully saturated rings. The zero-order chi connectivity index (χ0) is 20.0. The van der Waals surface area contributed by atoms with Gasteiger partial charge in [-0.2, -0.15) is 8.78 Å². The minimum Gasteiger partial charge on any atom is -0.459 e. The first-order valence-electron chi connectivity index (χ1n) is 8.15. The molecule has 0 bridgehead atoms. The zero-order valence-corrected chi connectivity index (χ0v) is 15.0. The average molecular weight is 381 g/mol. The van der Waals surface area contributed by atoms with Gasteiger partial charge in [-0.15, -0.1) is 0 Å². The van der Waals surface area contributed by atoms with Gasteiger partial charge < -0.3 is 14.9 Å². The highest BCUT2D eigenvalue weighted by Gasteiger charge is 2.56. The van der Waals surface area contributed by atoms with Crippen LogP contribution in [0, 0.1) is 19.7 Å². The number of carbonyl (C=O) groups excluding carboxylic acids is 1. The first kappa shape index (κ1) is 18.9. The van der Waals surface area contributed by atoms with E-state index in [0.29, 0.717) is 17.2 Å². The average Bonchev–Trinajstić information content (AvgIpc) is 2.92. The van der Waals surface area contributed by atoms with Crippen LogP contribution >= 0.6 is 0 Å². The van der Waals surface area contributed by atoms with Gasteiger partial charge in [0.15, 0.2) is 23.8 Å². The molecule has 1 atom stereocenters. The highest BCUT2D eigenvalue weighted by Crippen LogP contribution is 2.44. The van der Waals surface area contributed by atoms with Crippen molar-refractivity contribution in [3.63, 3.8) is 0 Å². The summed E-state index contributed by atoms with van der Waals surface area (Å²) < 4.78 is 53.2. The Bertz CT molecular complexity index is 939. The Morgan fingerprint density at radius 2 is 2.04 bits per heavy atom. The summed E-state index contributed by atoms with van der Waals surface area (Å²) in [6.45, 7) is 3.27. The largest absolute Gasteiger partial charge is 0.459 e. The van der Waals surface area contributed by atoms with Crippen molar-refractivity contribution < 1.29 is 27.1 Å². The SMILES string of the molecule is Cc1nc(C(=O)Cc2ccc(F)c([C@@]3(C)N=C(N)OCC3(F)F)c2)c(C)o1. The number of ketones is 1. The Morgan fingerprint density at radius 3 is 2.67 bits per heavy atom. The molecule has 1 aliphatic heterocycles. The molecular formula is C18H18F3N3O3. The number of aryl methyl sites for hydroxylation is 2. The fourth-order valence-electron chi connectivity index (χ4n) is 3.01. The van der Waals surface area contributed by atoms with E-state index in [1.54, 1.807) is 13.8 Å². The van der Waals surface area contributed by atoms with Gasteiger partial charge in [-0.3, -0.25) is 4.79 Å². The van der Waals surface area contributed by atoms with E-state index in [9.17, 15) is 18.0 Å². The van der Waals surface area contributed by atoms with Gasteiger partial charge in [-0.1, -0.05) is 6.07 Å². The van der Waals surface area contributed by atoms with Crippen LogP contribution in [0.4, 0.5) is 13.2 Å². The van der Waals surface area contributed by atoms with Crippen molar-refractivity contribution >= 4 is 11.8 Å². The maximum atomic E-state index is 14.5. The van der Waals surface area contributed by atoms with Gasteiger partial charge in [-0.05, 0) is 31.5 Å². The maximum Gasteiger partial charge on any atom is 0.310 e. The molecule has 0 saturated carbocycles. The number of aliphatic imine (C=N–C) groups is 1. The van der Waals surface area contributed by atoms with Gasteiger partial charge >= 0.3 is 5.92 Å². The fourth-order valence-corrected chi connectivity index (χ4v) is 3.01. The summed E-state index contributed by atoms with van der Waals surface area (Å²) in [7, 11) is 0. The lowest BCUT2D eigenvalue weighted by Gasteiger charge is -2.37. The first-order chi connectivity index (χ1) is 12.5. The molecule has 144 valence electrons. The molecule has 1 aliphatic rings. The van der Waals surface area contributed by atoms with Crippen molar-refractivity contribution in [3.8, 4) is 0 Å². The van der Waals surface area contributed by atoms with Crippen LogP contribution in [0.2, 0.25) is 0 Å². The second-order valence-corrected chi connectivity index (χ2v) is 6.57. The number of hydrogen-bond acceptors (Lipinski definition) is 6. The number of benzene rings is 1. The highest BCUT2D eigenvalue weighted by atomic mass is 19.3. The van der Waals surface area contributed by atoms with E-state index in [-0.39, 0.29) is 23.5 Å². The van der Waals surface area contributed by atoms with Crippen LogP contribution in [0.25, 0.3) is 0 Å². The van der Waals surface area contributed by atoms with Gasteiger partial charge in [0.2, 0.25) is 0 Å². The smallest absolute Gasteiger partial charge is 0.310 e. The molecule has 0 radical (unpaired) electrons. The Balaban J connectivity index is 1.99. The van der Waals surface area contributed by atoms with Crippen molar-refractivity contribution in [3.05, 3.63) is 52.5 Å². The first-order valence-corrected chi connectivity index (χ1v) is 8.15. The van der Waals surface area contributed by atoms with Crippen LogP contribution in [0.3, 0.4) is 0 Å². The predicted octanol–water partition coefficient (Wildman–Crippen LogP) is 3.05. The number of nitrogens with zero attached hydrogens (tertiary/aromatic N) is 2. The summed E-state index contributed by atoms with van der Waals surface area (Å²) in [5.41, 5.74) is 3.31. The van der Waals surface area contributed by atoms with E-state index in [2.05, 4.69) is 14.7 Å². The number of nitrogens with two attached hydrogens (primary N) is 1. The molecule has 0 saturated heterocycles. The topological polar surface area (TPSA) is 90.7 Å². The van der Waals surface area contributed by atoms with Gasteiger partial charge in [0, 0.05) is 18.9 Å². The number of aromatic nitrogens is 1. The molecule has 1 aromatic carbocycles. The summed E-state index contributed by atoms with van der Waals surface area (Å²) in [6, 6.07) is 3.14. The second kappa shape index (κ2) is 6.40. The summed E-state index contributed by atoms with van der Waals surface area (Å²) >= 11 is 0. The van der Waals surface area contributed by atoms with Crippen LogP contribution < -0.4 is 5.73 Å². The van der Waals surface area contributed by atoms with Gasteiger partial charge in [0.05, 0.1) is 0 Å². The number of halogens is 3. The van der Waals surface area contributed by atoms with Crippen LogP contribution in [-0.2, 0) is 16.7 Å². The molecular weight excluding hydrogens is 363 g/mol. The fraction of sp³-hybridized carbons (Fsp3) is 0.389. The summed E-state index contributed by atoms with van der Waals surface area (Å²) in [5.74, 6) is -4.02. The van der Waals surface area contributed by atoms with E-state index in [0.717, 1.165) is 13.0 Å². The van der Waals surface area contributed by atoms with E-state index in [1.807, 2.05) is 0 Å². The number of rotatable bonds is 4. The Morgan fingerprint density at radius 1 is 1.33 bits per heavy atom. The molecule has 0 aliphatic carbocycles. The normalized spacial score (nSPS) is 21.5. The van der Waals surface area contributed by atoms with E-state index >= 15 is 0 Å². The quantitative estimate of drug-likeness (QED) is 0.822. The Kier molecular flexibility index (Phi) is 4.49. The van der Waals surface area contributed by atoms with E-state index in [1.165, 1.54) is 12.1 Å². The predicted molar refractivity (Wildman–Crippen MR) is 90.3 cm³/mol. The monoisotopic (exact) mass is 381 g/mol. The third-order valence-electron chi connectivity index (χ3n) is 4.53. The van der Waals surface area contributed by atoms with Gasteiger partial charge in [0.1, 0.15) is 17.3 Å². The molecule has 0 amide bonds. The molecule has 6 nitrogen and oxygen atoms in total. The molecule has 0 unspecified atom stereocenters. The summed E-state index contributed by atoms with van der Waals surface area (Å²) in [5, 5.41) is 0. The molecule has 2 aromatic rings. The van der Waals surface area contributed by atoms with Crippen LogP contribution in [-0.4, -0.2) is 29.3 Å². The third-order valence-corrected chi connectivity index (χ3v) is 4.53. The van der Waals surface area contributed by atoms with E-state index in [4.69, 9.17) is 10.2 Å². The number of amidine groups is 1. The summed E-state index contributed by atoms with van der Waals surface area (Å²) in [4.78, 5) is 20.1.